The molecule has 0 saturated heterocycles. The van der Waals surface area contributed by atoms with E-state index in [4.69, 9.17) is 23.7 Å². The van der Waals surface area contributed by atoms with Crippen LogP contribution >= 0.6 is 28.4 Å². The molecule has 5 nitrogen and oxygen atoms in total. The van der Waals surface area contributed by atoms with Gasteiger partial charge in [-0.15, -0.1) is 0 Å². The first-order valence-corrected chi connectivity index (χ1v) is 12.9. The summed E-state index contributed by atoms with van der Waals surface area (Å²) in [5.74, 6) is 0.0394. The summed E-state index contributed by atoms with van der Waals surface area (Å²) in [6, 6.07) is 14.4. The summed E-state index contributed by atoms with van der Waals surface area (Å²) in [4.78, 5) is 10.8. The molecule has 0 aliphatic rings. The van der Waals surface area contributed by atoms with Crippen LogP contribution in [0.15, 0.2) is 65.0 Å². The van der Waals surface area contributed by atoms with Crippen LogP contribution in [-0.4, -0.2) is 23.5 Å². The number of aryl methyl sites for hydroxylation is 1. The van der Waals surface area contributed by atoms with Gasteiger partial charge in [-0.05, 0) is 61.1 Å². The van der Waals surface area contributed by atoms with E-state index in [1.54, 1.807) is 6.21 Å². The van der Waals surface area contributed by atoms with Crippen molar-refractivity contribution in [1.82, 2.24) is 5.32 Å². The van der Waals surface area contributed by atoms with Gasteiger partial charge >= 0.3 is 0 Å². The summed E-state index contributed by atoms with van der Waals surface area (Å²) < 4.78 is 3.93. The van der Waals surface area contributed by atoms with Crippen molar-refractivity contribution in [3.05, 3.63) is 88.8 Å². The van der Waals surface area contributed by atoms with Gasteiger partial charge in [0.05, 0.1) is 16.1 Å². The lowest BCUT2D eigenvalue weighted by Gasteiger charge is -2.19. The molecular weight excluding hydrogens is 532 g/mol. The molecule has 0 fully saturated rings. The van der Waals surface area contributed by atoms with Gasteiger partial charge in [0.25, 0.3) is 0 Å². The molecule has 0 saturated carbocycles. The second kappa shape index (κ2) is 15.9. The van der Waals surface area contributed by atoms with E-state index in [-0.39, 0.29) is 5.91 Å². The van der Waals surface area contributed by atoms with E-state index in [0.29, 0.717) is 5.70 Å². The Morgan fingerprint density at radius 3 is 2.17 bits per heavy atom. The number of hydrogen-bond acceptors (Lipinski definition) is 5. The van der Waals surface area contributed by atoms with Crippen molar-refractivity contribution in [3.8, 4) is 0 Å². The van der Waals surface area contributed by atoms with Crippen LogP contribution < -0.4 is 16.8 Å². The summed E-state index contributed by atoms with van der Waals surface area (Å²) in [5.41, 5.74) is 20.6. The number of thiocarbonyl (C=S) groups is 1. The van der Waals surface area contributed by atoms with E-state index in [9.17, 15) is 4.79 Å². The van der Waals surface area contributed by atoms with Crippen LogP contribution in [0.25, 0.3) is 16.7 Å². The van der Waals surface area contributed by atoms with Crippen LogP contribution in [0, 0.1) is 6.92 Å². The Morgan fingerprint density at radius 2 is 1.72 bits per heavy atom. The van der Waals surface area contributed by atoms with Crippen molar-refractivity contribution in [2.45, 2.75) is 47.5 Å². The Kier molecular flexibility index (Phi) is 13.7. The summed E-state index contributed by atoms with van der Waals surface area (Å²) in [6.45, 7) is 14.6. The predicted octanol–water partition coefficient (Wildman–Crippen LogP) is 6.74. The molecular formula is C29H37BrN4OS. The molecule has 0 heterocycles. The van der Waals surface area contributed by atoms with Crippen LogP contribution in [-0.2, 0) is 4.79 Å². The molecule has 0 aliphatic heterocycles. The molecule has 5 N–H and O–H groups in total. The second-order valence-corrected chi connectivity index (χ2v) is 9.17. The fraction of sp³-hybridized carbons (Fsp3) is 0.276. The smallest absolute Gasteiger partial charge is 0.216 e. The average molecular weight is 570 g/mol. The third kappa shape index (κ3) is 9.21. The zero-order valence-electron chi connectivity index (χ0n) is 21.8. The molecule has 0 spiro atoms. The lowest BCUT2D eigenvalue weighted by Crippen LogP contribution is -2.18. The molecule has 2 rings (SSSR count). The molecule has 0 atom stereocenters. The Morgan fingerprint density at radius 1 is 1.11 bits per heavy atom. The van der Waals surface area contributed by atoms with E-state index in [0.717, 1.165) is 63.2 Å². The van der Waals surface area contributed by atoms with Gasteiger partial charge in [-0.2, -0.15) is 0 Å². The number of benzene rings is 2. The number of nitrogens with zero attached hydrogens (tertiary/aromatic N) is 1. The molecule has 192 valence electrons. The number of carbonyl (C=O) groups excluding carboxylic acids is 1. The minimum atomic E-state index is 0.0394. The van der Waals surface area contributed by atoms with Crippen LogP contribution in [0.5, 0.6) is 0 Å². The van der Waals surface area contributed by atoms with Crippen LogP contribution in [0.2, 0.25) is 0 Å². The van der Waals surface area contributed by atoms with E-state index >= 15 is 0 Å². The first kappa shape index (κ1) is 31.0. The molecule has 0 aromatic heterocycles. The van der Waals surface area contributed by atoms with Crippen molar-refractivity contribution in [1.29, 1.82) is 0 Å². The van der Waals surface area contributed by atoms with Gasteiger partial charge in [0.2, 0.25) is 5.91 Å². The number of rotatable bonds is 9. The summed E-state index contributed by atoms with van der Waals surface area (Å²) >= 11 is 8.82. The monoisotopic (exact) mass is 568 g/mol. The normalized spacial score (nSPS) is 11.9. The maximum Gasteiger partial charge on any atom is 0.216 e. The second-order valence-electron chi connectivity index (χ2n) is 8.27. The van der Waals surface area contributed by atoms with E-state index in [2.05, 4.69) is 76.2 Å². The molecule has 1 amide bonds. The molecule has 0 radical (unpaired) electrons. The quantitative estimate of drug-likeness (QED) is 0.177. The highest BCUT2D eigenvalue weighted by molar-refractivity contribution is 9.08. The molecule has 2 aromatic rings. The Bertz CT molecular complexity index is 1160. The summed E-state index contributed by atoms with van der Waals surface area (Å²) in [7, 11) is 0. The number of nitrogens with one attached hydrogen (secondary N) is 1. The van der Waals surface area contributed by atoms with Crippen LogP contribution in [0.1, 0.15) is 68.4 Å². The van der Waals surface area contributed by atoms with Crippen molar-refractivity contribution in [3.63, 3.8) is 0 Å². The topological polar surface area (TPSA) is 93.5 Å². The van der Waals surface area contributed by atoms with Gasteiger partial charge in [-0.25, -0.2) is 4.02 Å². The first-order chi connectivity index (χ1) is 17.1. The number of carbonyl (C=O) groups is 1. The minimum Gasteiger partial charge on any atom is -0.404 e. The summed E-state index contributed by atoms with van der Waals surface area (Å²) in [5, 5.41) is 2.57. The van der Waals surface area contributed by atoms with E-state index in [1.165, 1.54) is 18.7 Å². The highest BCUT2D eigenvalue weighted by atomic mass is 79.9. The van der Waals surface area contributed by atoms with Gasteiger partial charge in [0.15, 0.2) is 0 Å². The zero-order chi connectivity index (χ0) is 27.3. The summed E-state index contributed by atoms with van der Waals surface area (Å²) in [6.07, 6.45) is 4.97. The SMILES string of the molecule is C=C(c1ccc(C)cc1)c1cc(C(=C/N)/C=N/Br)ccc1/C(C(=S)CCC)=C(\C)N.CCNC(C)=O. The maximum absolute atomic E-state index is 9.93. The number of allylic oxidation sites excluding steroid dienone is 3. The van der Waals surface area contributed by atoms with Crippen molar-refractivity contribution < 1.29 is 4.79 Å². The van der Waals surface area contributed by atoms with Crippen LogP contribution in [0.3, 0.4) is 0 Å². The van der Waals surface area contributed by atoms with Crippen molar-refractivity contribution in [2.24, 2.45) is 15.5 Å². The molecule has 0 aliphatic carbocycles. The Hall–Kier alpha value is -3.03. The highest BCUT2D eigenvalue weighted by Crippen LogP contribution is 2.34. The number of nitrogens with two attached hydrogens (primary N) is 2. The van der Waals surface area contributed by atoms with Gasteiger partial charge in [-0.3, -0.25) is 4.79 Å². The van der Waals surface area contributed by atoms with Gasteiger partial charge < -0.3 is 16.8 Å². The van der Waals surface area contributed by atoms with E-state index in [1.807, 2.05) is 26.0 Å². The van der Waals surface area contributed by atoms with Crippen molar-refractivity contribution in [2.75, 3.05) is 6.54 Å². The number of hydrogen-bond donors (Lipinski definition) is 3. The predicted molar refractivity (Wildman–Crippen MR) is 164 cm³/mol. The zero-order valence-corrected chi connectivity index (χ0v) is 24.2. The molecule has 2 aromatic carbocycles. The van der Waals surface area contributed by atoms with Gasteiger partial charge in [0, 0.05) is 47.6 Å². The van der Waals surface area contributed by atoms with Crippen LogP contribution in [0.4, 0.5) is 0 Å². The Balaban J connectivity index is 0.000000960. The average Bonchev–Trinajstić information content (AvgIpc) is 2.83. The molecule has 7 heteroatoms. The standard InChI is InChI=1S/C25H28BrN3S.C4H9NO/c1-5-6-24(30)25(18(4)28)22-12-11-20(21(14-27)15-29-26)13-23(22)17(3)19-9-7-16(2)8-10-19;1-3-5-4(2)6/h7-15H,3,5-6,27-28H2,1-2,4H3;3H2,1-2H3,(H,5,6)/b21-14+,25-18-,29-15+;. The van der Waals surface area contributed by atoms with Gasteiger partial charge in [-0.1, -0.05) is 74.1 Å². The van der Waals surface area contributed by atoms with E-state index < -0.39 is 0 Å². The maximum atomic E-state index is 9.93. The van der Waals surface area contributed by atoms with Gasteiger partial charge in [0.1, 0.15) is 0 Å². The third-order valence-electron chi connectivity index (χ3n) is 5.29. The largest absolute Gasteiger partial charge is 0.404 e. The fourth-order valence-corrected chi connectivity index (χ4v) is 4.25. The fourth-order valence-electron chi connectivity index (χ4n) is 3.55. The highest BCUT2D eigenvalue weighted by Gasteiger charge is 2.18. The number of halogens is 1. The number of amides is 1. The lowest BCUT2D eigenvalue weighted by molar-refractivity contribution is -0.118. The third-order valence-corrected chi connectivity index (χ3v) is 5.90. The van der Waals surface area contributed by atoms with Crippen molar-refractivity contribution >= 4 is 62.1 Å². The lowest BCUT2D eigenvalue weighted by atomic mass is 9.86. The Labute approximate surface area is 229 Å². The minimum absolute atomic E-state index is 0.0394. The first-order valence-electron chi connectivity index (χ1n) is 11.8. The molecule has 36 heavy (non-hydrogen) atoms. The molecule has 0 unspecified atom stereocenters. The molecule has 0 bridgehead atoms.